The molecular formula is C14H21NO4. The lowest BCUT2D eigenvalue weighted by molar-refractivity contribution is -0.166. The molecule has 0 spiro atoms. The minimum atomic E-state index is -0.734. The van der Waals surface area contributed by atoms with Gasteiger partial charge in [0.15, 0.2) is 6.10 Å². The van der Waals surface area contributed by atoms with Gasteiger partial charge in [-0.25, -0.2) is 5.06 Å². The van der Waals surface area contributed by atoms with Gasteiger partial charge >= 0.3 is 0 Å². The van der Waals surface area contributed by atoms with Crippen LogP contribution in [0.2, 0.25) is 0 Å². The predicted octanol–water partition coefficient (Wildman–Crippen LogP) is 2.48. The van der Waals surface area contributed by atoms with Crippen molar-refractivity contribution in [2.45, 2.75) is 32.8 Å². The summed E-state index contributed by atoms with van der Waals surface area (Å²) in [6.45, 7) is 4.39. The Morgan fingerprint density at radius 1 is 1.32 bits per heavy atom. The van der Waals surface area contributed by atoms with E-state index >= 15 is 0 Å². The second-order valence-electron chi connectivity index (χ2n) is 4.30. The van der Waals surface area contributed by atoms with Crippen molar-refractivity contribution in [1.29, 1.82) is 0 Å². The highest BCUT2D eigenvalue weighted by molar-refractivity contribution is 5.79. The van der Waals surface area contributed by atoms with Gasteiger partial charge in [0.05, 0.1) is 6.61 Å². The third kappa shape index (κ3) is 5.18. The molecule has 0 saturated carbocycles. The fraction of sp³-hybridized carbons (Fsp3) is 0.500. The summed E-state index contributed by atoms with van der Waals surface area (Å²) in [5, 5.41) is 9.54. The third-order valence-corrected chi connectivity index (χ3v) is 2.57. The fourth-order valence-corrected chi connectivity index (χ4v) is 1.47. The molecule has 0 radical (unpaired) electrons. The van der Waals surface area contributed by atoms with Gasteiger partial charge in [0, 0.05) is 7.05 Å². The Morgan fingerprint density at radius 3 is 2.42 bits per heavy atom. The lowest BCUT2D eigenvalue weighted by Crippen LogP contribution is -2.35. The number of hydroxylamine groups is 2. The number of rotatable bonds is 7. The Balaban J connectivity index is 2.50. The Bertz CT molecular complexity index is 389. The zero-order valence-corrected chi connectivity index (χ0v) is 11.6. The van der Waals surface area contributed by atoms with Crippen molar-refractivity contribution in [2.24, 2.45) is 0 Å². The molecule has 1 aromatic rings. The molecule has 0 aliphatic rings. The van der Waals surface area contributed by atoms with Crippen LogP contribution < -0.4 is 9.47 Å². The maximum atomic E-state index is 11.4. The summed E-state index contributed by atoms with van der Waals surface area (Å²) >= 11 is 0. The molecule has 1 unspecified atom stereocenters. The topological polar surface area (TPSA) is 59.0 Å². The molecule has 1 atom stereocenters. The molecule has 1 N–H and O–H groups in total. The molecule has 106 valence electrons. The highest BCUT2D eigenvalue weighted by atomic mass is 16.5. The van der Waals surface area contributed by atoms with Crippen molar-refractivity contribution in [3.63, 3.8) is 0 Å². The minimum absolute atomic E-state index is 0.497. The molecule has 0 aromatic heterocycles. The molecule has 0 aliphatic heterocycles. The Morgan fingerprint density at radius 2 is 1.89 bits per heavy atom. The van der Waals surface area contributed by atoms with Crippen molar-refractivity contribution in [2.75, 3.05) is 13.7 Å². The minimum Gasteiger partial charge on any atom is -0.494 e. The van der Waals surface area contributed by atoms with E-state index in [0.29, 0.717) is 17.4 Å². The van der Waals surface area contributed by atoms with E-state index in [0.717, 1.165) is 18.6 Å². The number of unbranched alkanes of at least 4 members (excludes halogenated alkanes) is 1. The maximum absolute atomic E-state index is 11.4. The molecule has 0 fully saturated rings. The van der Waals surface area contributed by atoms with E-state index in [1.165, 1.54) is 7.05 Å². The van der Waals surface area contributed by atoms with Gasteiger partial charge in [0.25, 0.3) is 5.91 Å². The quantitative estimate of drug-likeness (QED) is 0.468. The number of carbonyl (C=O) groups is 1. The summed E-state index contributed by atoms with van der Waals surface area (Å²) in [6.07, 6.45) is 1.38. The van der Waals surface area contributed by atoms with Gasteiger partial charge in [-0.3, -0.25) is 10.0 Å². The lowest BCUT2D eigenvalue weighted by atomic mass is 10.3. The van der Waals surface area contributed by atoms with Crippen LogP contribution in [-0.2, 0) is 4.79 Å². The molecule has 1 amide bonds. The number of likely N-dealkylation sites (N-methyl/N-ethyl adjacent to an activating group) is 1. The molecule has 19 heavy (non-hydrogen) atoms. The van der Waals surface area contributed by atoms with Crippen LogP contribution >= 0.6 is 0 Å². The van der Waals surface area contributed by atoms with Gasteiger partial charge in [0.2, 0.25) is 0 Å². The second-order valence-corrected chi connectivity index (χ2v) is 4.30. The summed E-state index contributed by atoms with van der Waals surface area (Å²) in [6, 6.07) is 7.07. The average Bonchev–Trinajstić information content (AvgIpc) is 2.40. The average molecular weight is 267 g/mol. The molecule has 1 rings (SSSR count). The van der Waals surface area contributed by atoms with Crippen molar-refractivity contribution < 1.29 is 19.5 Å². The molecule has 0 bridgehead atoms. The third-order valence-electron chi connectivity index (χ3n) is 2.57. The number of ether oxygens (including phenoxy) is 2. The van der Waals surface area contributed by atoms with E-state index in [2.05, 4.69) is 6.92 Å². The van der Waals surface area contributed by atoms with Gasteiger partial charge in [-0.05, 0) is 37.6 Å². The first-order valence-corrected chi connectivity index (χ1v) is 6.40. The monoisotopic (exact) mass is 267 g/mol. The first-order valence-electron chi connectivity index (χ1n) is 6.40. The summed E-state index contributed by atoms with van der Waals surface area (Å²) in [5.41, 5.74) is 0. The van der Waals surface area contributed by atoms with Crippen LogP contribution in [0.15, 0.2) is 24.3 Å². The van der Waals surface area contributed by atoms with Crippen LogP contribution in [0.1, 0.15) is 26.7 Å². The Labute approximate surface area is 113 Å². The number of hydrogen-bond acceptors (Lipinski definition) is 4. The van der Waals surface area contributed by atoms with Gasteiger partial charge < -0.3 is 9.47 Å². The smallest absolute Gasteiger partial charge is 0.286 e. The maximum Gasteiger partial charge on any atom is 0.286 e. The summed E-state index contributed by atoms with van der Waals surface area (Å²) < 4.78 is 10.9. The SMILES string of the molecule is CCCCOc1ccc(OC(C)C(=O)N(C)O)cc1. The molecule has 1 aromatic carbocycles. The van der Waals surface area contributed by atoms with E-state index in [-0.39, 0.29) is 0 Å². The van der Waals surface area contributed by atoms with Gasteiger partial charge in [-0.2, -0.15) is 0 Å². The fourth-order valence-electron chi connectivity index (χ4n) is 1.47. The largest absolute Gasteiger partial charge is 0.494 e. The van der Waals surface area contributed by atoms with Crippen LogP contribution in [0.5, 0.6) is 11.5 Å². The van der Waals surface area contributed by atoms with E-state index in [4.69, 9.17) is 14.7 Å². The number of nitrogens with zero attached hydrogens (tertiary/aromatic N) is 1. The van der Waals surface area contributed by atoms with E-state index in [9.17, 15) is 4.79 Å². The lowest BCUT2D eigenvalue weighted by Gasteiger charge is -2.17. The standard InChI is InChI=1S/C14H21NO4/c1-4-5-10-18-12-6-8-13(9-7-12)19-11(2)14(16)15(3)17/h6-9,11,17H,4-5,10H2,1-3H3. The van der Waals surface area contributed by atoms with Crippen molar-refractivity contribution >= 4 is 5.91 Å². The first kappa shape index (κ1) is 15.3. The van der Waals surface area contributed by atoms with E-state index < -0.39 is 12.0 Å². The molecule has 5 heteroatoms. The highest BCUT2D eigenvalue weighted by Crippen LogP contribution is 2.19. The molecule has 0 aliphatic carbocycles. The number of hydrogen-bond donors (Lipinski definition) is 1. The van der Waals surface area contributed by atoms with Gasteiger partial charge in [0.1, 0.15) is 11.5 Å². The number of benzene rings is 1. The first-order chi connectivity index (χ1) is 9.04. The number of amides is 1. The zero-order chi connectivity index (χ0) is 14.3. The van der Waals surface area contributed by atoms with Crippen LogP contribution in [0.4, 0.5) is 0 Å². The second kappa shape index (κ2) is 7.63. The van der Waals surface area contributed by atoms with Crippen LogP contribution in [0.25, 0.3) is 0 Å². The Kier molecular flexibility index (Phi) is 6.15. The van der Waals surface area contributed by atoms with Crippen molar-refractivity contribution in [3.8, 4) is 11.5 Å². The van der Waals surface area contributed by atoms with Crippen LogP contribution in [0.3, 0.4) is 0 Å². The van der Waals surface area contributed by atoms with E-state index in [1.54, 1.807) is 31.2 Å². The van der Waals surface area contributed by atoms with Crippen LogP contribution in [-0.4, -0.2) is 35.9 Å². The molecule has 0 heterocycles. The predicted molar refractivity (Wildman–Crippen MR) is 71.5 cm³/mol. The van der Waals surface area contributed by atoms with Crippen molar-refractivity contribution in [3.05, 3.63) is 24.3 Å². The van der Waals surface area contributed by atoms with Crippen LogP contribution in [0, 0.1) is 0 Å². The molecule has 0 saturated heterocycles. The zero-order valence-electron chi connectivity index (χ0n) is 11.6. The summed E-state index contributed by atoms with van der Waals surface area (Å²) in [4.78, 5) is 11.4. The van der Waals surface area contributed by atoms with E-state index in [1.807, 2.05) is 0 Å². The Hall–Kier alpha value is -1.75. The van der Waals surface area contributed by atoms with Gasteiger partial charge in [-0.15, -0.1) is 0 Å². The summed E-state index contributed by atoms with van der Waals surface area (Å²) in [7, 11) is 1.27. The normalized spacial score (nSPS) is 11.8. The van der Waals surface area contributed by atoms with Gasteiger partial charge in [-0.1, -0.05) is 13.3 Å². The van der Waals surface area contributed by atoms with Crippen molar-refractivity contribution in [1.82, 2.24) is 5.06 Å². The molecule has 5 nitrogen and oxygen atoms in total. The summed E-state index contributed by atoms with van der Waals surface area (Å²) in [5.74, 6) is 0.841. The highest BCUT2D eigenvalue weighted by Gasteiger charge is 2.17. The molecular weight excluding hydrogens is 246 g/mol. The number of carbonyl (C=O) groups excluding carboxylic acids is 1.